The minimum Gasteiger partial charge on any atom is -0.396 e. The van der Waals surface area contributed by atoms with Gasteiger partial charge in [0.15, 0.2) is 0 Å². The Morgan fingerprint density at radius 1 is 1.62 bits per heavy atom. The lowest BCUT2D eigenvalue weighted by atomic mass is 9.82. The van der Waals surface area contributed by atoms with Gasteiger partial charge in [-0.25, -0.2) is 0 Å². The average molecular weight is 242 g/mol. The number of aliphatic hydroxyl groups excluding tert-OH is 1. The van der Waals surface area contributed by atoms with Crippen molar-refractivity contribution in [1.29, 1.82) is 5.26 Å². The van der Waals surface area contributed by atoms with Gasteiger partial charge in [-0.2, -0.15) is 17.0 Å². The van der Waals surface area contributed by atoms with Crippen molar-refractivity contribution in [2.45, 2.75) is 49.8 Å². The lowest BCUT2D eigenvalue weighted by Gasteiger charge is -2.36. The topological polar surface area (TPSA) is 56.0 Å². The molecule has 1 aliphatic rings. The summed E-state index contributed by atoms with van der Waals surface area (Å²) in [5.74, 6) is 1.01. The van der Waals surface area contributed by atoms with E-state index in [1.54, 1.807) is 0 Å². The van der Waals surface area contributed by atoms with E-state index in [0.29, 0.717) is 5.25 Å². The molecule has 2 N–H and O–H groups in total. The molecule has 92 valence electrons. The van der Waals surface area contributed by atoms with Crippen molar-refractivity contribution in [3.05, 3.63) is 0 Å². The van der Waals surface area contributed by atoms with E-state index >= 15 is 0 Å². The van der Waals surface area contributed by atoms with Crippen LogP contribution in [0.15, 0.2) is 0 Å². The van der Waals surface area contributed by atoms with E-state index in [2.05, 4.69) is 18.3 Å². The van der Waals surface area contributed by atoms with E-state index in [4.69, 9.17) is 5.11 Å². The fraction of sp³-hybridized carbons (Fsp3) is 0.917. The Balaban J connectivity index is 2.42. The first kappa shape index (κ1) is 13.8. The molecule has 2 unspecified atom stereocenters. The Labute approximate surface area is 103 Å². The molecular weight excluding hydrogens is 220 g/mol. The van der Waals surface area contributed by atoms with Gasteiger partial charge in [-0.05, 0) is 44.4 Å². The summed E-state index contributed by atoms with van der Waals surface area (Å²) in [6.07, 6.45) is 5.14. The van der Waals surface area contributed by atoms with Crippen LogP contribution in [-0.2, 0) is 0 Å². The number of nitriles is 1. The summed E-state index contributed by atoms with van der Waals surface area (Å²) >= 11 is 1.91. The normalized spacial score (nSPS) is 29.9. The highest BCUT2D eigenvalue weighted by molar-refractivity contribution is 7.99. The molecule has 3 nitrogen and oxygen atoms in total. The van der Waals surface area contributed by atoms with E-state index in [0.717, 1.165) is 38.0 Å². The third-order valence-electron chi connectivity index (χ3n) is 3.09. The first-order valence-electron chi connectivity index (χ1n) is 6.15. The summed E-state index contributed by atoms with van der Waals surface area (Å²) in [6.45, 7) is 3.19. The second-order valence-corrected chi connectivity index (χ2v) is 5.80. The molecule has 0 aromatic rings. The van der Waals surface area contributed by atoms with Gasteiger partial charge < -0.3 is 5.11 Å². The van der Waals surface area contributed by atoms with Crippen molar-refractivity contribution < 1.29 is 5.11 Å². The molecule has 1 fully saturated rings. The third kappa shape index (κ3) is 3.97. The predicted octanol–water partition coefficient (Wildman–Crippen LogP) is 1.92. The Hall–Kier alpha value is -0.240. The summed E-state index contributed by atoms with van der Waals surface area (Å²) in [4.78, 5) is 0. The standard InChI is InChI=1S/C12H22N2OS/c1-2-14-12(10-13)6-3-5-11(9-12)16-8-4-7-15/h11,14-15H,2-9H2,1H3. The zero-order valence-electron chi connectivity index (χ0n) is 10.0. The van der Waals surface area contributed by atoms with Crippen LogP contribution in [0.1, 0.15) is 39.0 Å². The summed E-state index contributed by atoms with van der Waals surface area (Å²) in [5.41, 5.74) is -0.288. The quantitative estimate of drug-likeness (QED) is 0.699. The maximum atomic E-state index is 9.30. The first-order chi connectivity index (χ1) is 7.76. The fourth-order valence-electron chi connectivity index (χ4n) is 2.32. The smallest absolute Gasteiger partial charge is 0.107 e. The highest BCUT2D eigenvalue weighted by Crippen LogP contribution is 2.34. The molecule has 2 atom stereocenters. The Morgan fingerprint density at radius 3 is 3.06 bits per heavy atom. The maximum Gasteiger partial charge on any atom is 0.107 e. The van der Waals surface area contributed by atoms with E-state index in [9.17, 15) is 5.26 Å². The Kier molecular flexibility index (Phi) is 6.18. The highest BCUT2D eigenvalue weighted by atomic mass is 32.2. The van der Waals surface area contributed by atoms with Gasteiger partial charge in [-0.1, -0.05) is 6.92 Å². The molecule has 0 aliphatic heterocycles. The van der Waals surface area contributed by atoms with Gasteiger partial charge in [0.05, 0.1) is 6.07 Å². The Morgan fingerprint density at radius 2 is 2.44 bits per heavy atom. The Bertz CT molecular complexity index is 238. The van der Waals surface area contributed by atoms with Crippen LogP contribution in [0.2, 0.25) is 0 Å². The van der Waals surface area contributed by atoms with Crippen LogP contribution >= 0.6 is 11.8 Å². The fourth-order valence-corrected chi connectivity index (χ4v) is 3.69. The minimum absolute atomic E-state index is 0.274. The average Bonchev–Trinajstić information content (AvgIpc) is 2.30. The predicted molar refractivity (Wildman–Crippen MR) is 68.4 cm³/mol. The maximum absolute atomic E-state index is 9.30. The molecule has 0 saturated heterocycles. The summed E-state index contributed by atoms with van der Waals surface area (Å²) in [5, 5.41) is 22.0. The molecule has 1 aliphatic carbocycles. The van der Waals surface area contributed by atoms with Crippen LogP contribution in [0.4, 0.5) is 0 Å². The molecule has 16 heavy (non-hydrogen) atoms. The van der Waals surface area contributed by atoms with Gasteiger partial charge in [-0.15, -0.1) is 0 Å². The van der Waals surface area contributed by atoms with E-state index in [1.165, 1.54) is 6.42 Å². The second kappa shape index (κ2) is 7.16. The van der Waals surface area contributed by atoms with Crippen molar-refractivity contribution in [3.8, 4) is 6.07 Å². The number of rotatable bonds is 6. The molecular formula is C12H22N2OS. The van der Waals surface area contributed by atoms with Gasteiger partial charge in [0.25, 0.3) is 0 Å². The van der Waals surface area contributed by atoms with Crippen LogP contribution in [0, 0.1) is 11.3 Å². The van der Waals surface area contributed by atoms with Crippen LogP contribution in [-0.4, -0.2) is 34.8 Å². The minimum atomic E-state index is -0.288. The second-order valence-electron chi connectivity index (χ2n) is 4.39. The van der Waals surface area contributed by atoms with E-state index in [-0.39, 0.29) is 12.1 Å². The molecule has 0 heterocycles. The molecule has 0 spiro atoms. The lowest BCUT2D eigenvalue weighted by Crippen LogP contribution is -2.48. The molecule has 0 radical (unpaired) electrons. The summed E-state index contributed by atoms with van der Waals surface area (Å²) in [6, 6.07) is 2.46. The van der Waals surface area contributed by atoms with Crippen molar-refractivity contribution in [2.75, 3.05) is 18.9 Å². The number of thioether (sulfide) groups is 1. The molecule has 0 bridgehead atoms. The van der Waals surface area contributed by atoms with Crippen molar-refractivity contribution in [1.82, 2.24) is 5.32 Å². The van der Waals surface area contributed by atoms with Crippen molar-refractivity contribution >= 4 is 11.8 Å². The number of aliphatic hydroxyl groups is 1. The van der Waals surface area contributed by atoms with Gasteiger partial charge >= 0.3 is 0 Å². The van der Waals surface area contributed by atoms with Gasteiger partial charge in [0, 0.05) is 11.9 Å². The summed E-state index contributed by atoms with van der Waals surface area (Å²) < 4.78 is 0. The zero-order valence-corrected chi connectivity index (χ0v) is 10.9. The summed E-state index contributed by atoms with van der Waals surface area (Å²) in [7, 11) is 0. The molecule has 0 aromatic carbocycles. The number of hydrogen-bond acceptors (Lipinski definition) is 4. The van der Waals surface area contributed by atoms with Crippen LogP contribution in [0.3, 0.4) is 0 Å². The lowest BCUT2D eigenvalue weighted by molar-refractivity contribution is 0.295. The van der Waals surface area contributed by atoms with Crippen LogP contribution < -0.4 is 5.32 Å². The highest BCUT2D eigenvalue weighted by Gasteiger charge is 2.35. The van der Waals surface area contributed by atoms with E-state index < -0.39 is 0 Å². The largest absolute Gasteiger partial charge is 0.396 e. The van der Waals surface area contributed by atoms with Gasteiger partial charge in [0.1, 0.15) is 5.54 Å². The molecule has 0 amide bonds. The molecule has 0 aromatic heterocycles. The van der Waals surface area contributed by atoms with Gasteiger partial charge in [-0.3, -0.25) is 5.32 Å². The van der Waals surface area contributed by atoms with Crippen molar-refractivity contribution in [2.24, 2.45) is 0 Å². The third-order valence-corrected chi connectivity index (χ3v) is 4.49. The van der Waals surface area contributed by atoms with Crippen molar-refractivity contribution in [3.63, 3.8) is 0 Å². The number of nitrogens with one attached hydrogen (secondary N) is 1. The van der Waals surface area contributed by atoms with Crippen LogP contribution in [0.25, 0.3) is 0 Å². The zero-order chi connectivity index (χ0) is 11.9. The molecule has 1 rings (SSSR count). The number of nitrogens with zero attached hydrogens (tertiary/aromatic N) is 1. The van der Waals surface area contributed by atoms with Gasteiger partial charge in [0.2, 0.25) is 0 Å². The van der Waals surface area contributed by atoms with Crippen LogP contribution in [0.5, 0.6) is 0 Å². The molecule has 4 heteroatoms. The SMILES string of the molecule is CCNC1(C#N)CCCC(SCCCO)C1. The monoisotopic (exact) mass is 242 g/mol. The van der Waals surface area contributed by atoms with E-state index in [1.807, 2.05) is 11.8 Å². The first-order valence-corrected chi connectivity index (χ1v) is 7.20. The number of hydrogen-bond donors (Lipinski definition) is 2. The molecule has 1 saturated carbocycles.